The first-order chi connectivity index (χ1) is 13.4. The first-order valence-electron chi connectivity index (χ1n) is 8.67. The Morgan fingerprint density at radius 2 is 1.21 bits per heavy atom. The molecule has 1 fully saturated rings. The number of nitrogens with one attached hydrogen (secondary N) is 1. The van der Waals surface area contributed by atoms with Crippen molar-refractivity contribution in [3.63, 3.8) is 0 Å². The molecule has 0 unspecified atom stereocenters. The molecule has 0 amide bonds. The predicted molar refractivity (Wildman–Crippen MR) is 108 cm³/mol. The van der Waals surface area contributed by atoms with Crippen molar-refractivity contribution in [2.75, 3.05) is 0 Å². The molecule has 144 valence electrons. The first-order valence-corrected chi connectivity index (χ1v) is 11.3. The molecular formula is C21H17F3NOPS. The lowest BCUT2D eigenvalue weighted by Crippen LogP contribution is -2.35. The van der Waals surface area contributed by atoms with E-state index in [4.69, 9.17) is 0 Å². The Morgan fingerprint density at radius 1 is 0.786 bits per heavy atom. The van der Waals surface area contributed by atoms with Crippen LogP contribution in [0.2, 0.25) is 0 Å². The minimum Gasteiger partial charge on any atom is -0.312 e. The van der Waals surface area contributed by atoms with Gasteiger partial charge in [-0.1, -0.05) is 90.6 Å². The Balaban J connectivity index is 1.83. The summed E-state index contributed by atoms with van der Waals surface area (Å²) in [7, 11) is -3.59. The molecule has 1 aliphatic rings. The predicted octanol–water partition coefficient (Wildman–Crippen LogP) is 4.98. The number of alkyl halides is 3. The van der Waals surface area contributed by atoms with Gasteiger partial charge in [0.1, 0.15) is 5.78 Å². The van der Waals surface area contributed by atoms with E-state index in [9.17, 15) is 17.7 Å². The second kappa shape index (κ2) is 7.11. The van der Waals surface area contributed by atoms with Crippen LogP contribution in [0.1, 0.15) is 0 Å². The highest BCUT2D eigenvalue weighted by Gasteiger charge is 2.77. The molecule has 4 rings (SSSR count). The number of thioether (sulfide) groups is 1. The van der Waals surface area contributed by atoms with Crippen LogP contribution in [-0.2, 0) is 4.57 Å². The summed E-state index contributed by atoms with van der Waals surface area (Å²) in [6.07, 6.45) is -4.57. The maximum absolute atomic E-state index is 14.3. The van der Waals surface area contributed by atoms with E-state index in [1.807, 2.05) is 0 Å². The molecule has 0 radical (unpaired) electrons. The number of rotatable bonds is 5. The summed E-state index contributed by atoms with van der Waals surface area (Å²) in [4.78, 5) is -1.82. The molecule has 1 aliphatic heterocycles. The van der Waals surface area contributed by atoms with Crippen molar-refractivity contribution >= 4 is 29.5 Å². The van der Waals surface area contributed by atoms with Crippen LogP contribution in [0.4, 0.5) is 13.2 Å². The number of benzene rings is 3. The fraction of sp³-hybridized carbons (Fsp3) is 0.143. The van der Waals surface area contributed by atoms with Gasteiger partial charge >= 0.3 is 6.18 Å². The van der Waals surface area contributed by atoms with E-state index in [-0.39, 0.29) is 0 Å². The Bertz CT molecular complexity index is 955. The van der Waals surface area contributed by atoms with Crippen LogP contribution in [0.25, 0.3) is 0 Å². The van der Waals surface area contributed by atoms with Crippen LogP contribution in [0.5, 0.6) is 0 Å². The van der Waals surface area contributed by atoms with Gasteiger partial charge in [-0.25, -0.2) is 0 Å². The highest BCUT2D eigenvalue weighted by atomic mass is 32.2. The topological polar surface area (TPSA) is 39.0 Å². The van der Waals surface area contributed by atoms with Crippen LogP contribution >= 0.6 is 18.9 Å². The van der Waals surface area contributed by atoms with Crippen LogP contribution in [0.15, 0.2) is 95.9 Å². The lowest BCUT2D eigenvalue weighted by Gasteiger charge is -2.24. The van der Waals surface area contributed by atoms with E-state index < -0.39 is 24.0 Å². The van der Waals surface area contributed by atoms with Crippen LogP contribution in [0.3, 0.4) is 0 Å². The molecule has 0 spiro atoms. The van der Waals surface area contributed by atoms with Gasteiger partial charge in [-0.3, -0.25) is 5.32 Å². The normalized spacial score (nSPS) is 22.0. The summed E-state index contributed by atoms with van der Waals surface area (Å²) in [5, 5.41) is 3.41. The average Bonchev–Trinajstić information content (AvgIpc) is 3.46. The summed E-state index contributed by atoms with van der Waals surface area (Å²) in [5.74, 6) is -1.24. The summed E-state index contributed by atoms with van der Waals surface area (Å²) >= 11 is 0.680. The number of hydrogen-bond donors (Lipinski definition) is 1. The molecule has 2 nitrogen and oxygen atoms in total. The summed E-state index contributed by atoms with van der Waals surface area (Å²) in [6.45, 7) is 0. The molecule has 1 saturated heterocycles. The average molecular weight is 419 g/mol. The maximum atomic E-state index is 14.3. The van der Waals surface area contributed by atoms with Crippen LogP contribution in [0, 0.1) is 0 Å². The minimum absolute atomic E-state index is 0.415. The van der Waals surface area contributed by atoms with Gasteiger partial charge in [0.2, 0.25) is 0 Å². The molecule has 1 N–H and O–H groups in total. The third-order valence-corrected chi connectivity index (χ3v) is 9.70. The Morgan fingerprint density at radius 3 is 1.64 bits per heavy atom. The van der Waals surface area contributed by atoms with Crippen molar-refractivity contribution in [1.82, 2.24) is 5.32 Å². The molecule has 0 bridgehead atoms. The van der Waals surface area contributed by atoms with E-state index >= 15 is 0 Å². The van der Waals surface area contributed by atoms with Crippen LogP contribution in [-0.4, -0.2) is 16.8 Å². The van der Waals surface area contributed by atoms with E-state index in [1.165, 1.54) is 0 Å². The zero-order chi connectivity index (χ0) is 19.8. The first kappa shape index (κ1) is 19.3. The molecular weight excluding hydrogens is 402 g/mol. The Labute approximate surface area is 165 Å². The second-order valence-electron chi connectivity index (χ2n) is 6.52. The third kappa shape index (κ3) is 3.20. The van der Waals surface area contributed by atoms with E-state index in [1.54, 1.807) is 91.0 Å². The zero-order valence-corrected chi connectivity index (χ0v) is 16.3. The standard InChI is InChI=1S/C21H17F3NOPS/c22-21(23,24)20(28-18-14-8-3-9-15-18)19(25-20)27(26,16-10-4-1-5-11-16)17-12-6-2-7-13-17/h1-15,19,25H/t19-,20+/m0/s1. The number of hydrogen-bond acceptors (Lipinski definition) is 3. The molecule has 3 aromatic rings. The molecule has 28 heavy (non-hydrogen) atoms. The SMILES string of the molecule is O=P(c1ccccc1)(c1ccccc1)[C@@H]1N[C@]1(Sc1ccccc1)C(F)(F)F. The molecule has 0 aliphatic carbocycles. The summed E-state index contributed by atoms with van der Waals surface area (Å²) in [5.41, 5.74) is 0. The summed E-state index contributed by atoms with van der Waals surface area (Å²) < 4.78 is 56.8. The smallest absolute Gasteiger partial charge is 0.312 e. The van der Waals surface area contributed by atoms with Gasteiger partial charge in [0.15, 0.2) is 12.0 Å². The quantitative estimate of drug-likeness (QED) is 0.468. The second-order valence-corrected chi connectivity index (χ2v) is 10.7. The lowest BCUT2D eigenvalue weighted by molar-refractivity contribution is -0.137. The van der Waals surface area contributed by atoms with Gasteiger partial charge in [0, 0.05) is 15.5 Å². The monoisotopic (exact) mass is 419 g/mol. The Kier molecular flexibility index (Phi) is 4.90. The van der Waals surface area contributed by atoms with E-state index in [0.717, 1.165) is 0 Å². The van der Waals surface area contributed by atoms with Gasteiger partial charge in [-0.2, -0.15) is 13.2 Å². The van der Waals surface area contributed by atoms with Crippen LogP contribution < -0.4 is 15.9 Å². The summed E-state index contributed by atoms with van der Waals surface area (Å²) in [6, 6.07) is 25.3. The molecule has 0 aromatic heterocycles. The number of halogens is 3. The highest BCUT2D eigenvalue weighted by molar-refractivity contribution is 8.02. The van der Waals surface area contributed by atoms with Gasteiger partial charge in [-0.15, -0.1) is 0 Å². The van der Waals surface area contributed by atoms with Crippen molar-refractivity contribution in [3.8, 4) is 0 Å². The molecule has 3 aromatic carbocycles. The maximum Gasteiger partial charge on any atom is 0.418 e. The van der Waals surface area contributed by atoms with Gasteiger partial charge in [-0.05, 0) is 12.1 Å². The van der Waals surface area contributed by atoms with Crippen molar-refractivity contribution in [3.05, 3.63) is 91.0 Å². The van der Waals surface area contributed by atoms with E-state index in [2.05, 4.69) is 5.32 Å². The third-order valence-electron chi connectivity index (χ3n) is 4.74. The zero-order valence-electron chi connectivity index (χ0n) is 14.6. The van der Waals surface area contributed by atoms with Gasteiger partial charge < -0.3 is 4.57 Å². The molecule has 2 atom stereocenters. The fourth-order valence-corrected chi connectivity index (χ4v) is 8.24. The Hall–Kier alpha value is -2.01. The molecule has 7 heteroatoms. The van der Waals surface area contributed by atoms with Crippen molar-refractivity contribution in [2.24, 2.45) is 0 Å². The lowest BCUT2D eigenvalue weighted by atomic mass is 10.4. The minimum atomic E-state index is -4.57. The highest BCUT2D eigenvalue weighted by Crippen LogP contribution is 2.67. The van der Waals surface area contributed by atoms with Crippen molar-refractivity contribution in [2.45, 2.75) is 21.7 Å². The fourth-order valence-electron chi connectivity index (χ4n) is 3.31. The van der Waals surface area contributed by atoms with Crippen molar-refractivity contribution < 1.29 is 17.7 Å². The molecule has 0 saturated carbocycles. The van der Waals surface area contributed by atoms with Gasteiger partial charge in [0.25, 0.3) is 0 Å². The largest absolute Gasteiger partial charge is 0.418 e. The van der Waals surface area contributed by atoms with Crippen molar-refractivity contribution in [1.29, 1.82) is 0 Å². The van der Waals surface area contributed by atoms with E-state index in [0.29, 0.717) is 27.3 Å². The van der Waals surface area contributed by atoms with Gasteiger partial charge in [0.05, 0.1) is 0 Å². The molecule has 1 heterocycles.